The lowest BCUT2D eigenvalue weighted by Crippen LogP contribution is -1.92. The van der Waals surface area contributed by atoms with Crippen LogP contribution < -0.4 is 5.32 Å². The smallest absolute Gasteiger partial charge is 0.314 e. The minimum Gasteiger partial charge on any atom is -0.357 e. The zero-order valence-corrected chi connectivity index (χ0v) is 10.2. The van der Waals surface area contributed by atoms with E-state index in [4.69, 9.17) is 28.7 Å². The van der Waals surface area contributed by atoms with Crippen LogP contribution in [-0.2, 0) is 9.13 Å². The summed E-state index contributed by atoms with van der Waals surface area (Å²) in [7, 11) is -4.47. The molecule has 0 aromatic carbocycles. The van der Waals surface area contributed by atoms with Crippen LogP contribution in [0.25, 0.3) is 0 Å². The molecule has 0 saturated carbocycles. The predicted octanol–water partition coefficient (Wildman–Crippen LogP) is -0.760. The average Bonchev–Trinajstić information content (AvgIpc) is 2.17. The monoisotopic (exact) mass is 273 g/mol. The SMILES string of the molecule is CNc1ncccn1.O=[PH](O)O.O=[PH](O)O. The zero-order chi connectivity index (χ0) is 13.0. The van der Waals surface area contributed by atoms with Crippen LogP contribution in [-0.4, -0.2) is 36.6 Å². The summed E-state index contributed by atoms with van der Waals surface area (Å²) in [5.41, 5.74) is 0. The van der Waals surface area contributed by atoms with Crippen LogP contribution in [0, 0.1) is 0 Å². The van der Waals surface area contributed by atoms with Crippen molar-refractivity contribution in [3.63, 3.8) is 0 Å². The van der Waals surface area contributed by atoms with Crippen molar-refractivity contribution in [2.75, 3.05) is 12.4 Å². The molecule has 9 nitrogen and oxygen atoms in total. The summed E-state index contributed by atoms with van der Waals surface area (Å²) < 4.78 is 17.5. The Kier molecular flexibility index (Phi) is 13.5. The fourth-order valence-electron chi connectivity index (χ4n) is 0.428. The summed E-state index contributed by atoms with van der Waals surface area (Å²) >= 11 is 0. The van der Waals surface area contributed by atoms with Crippen LogP contribution in [0.1, 0.15) is 0 Å². The molecular weight excluding hydrogens is 260 g/mol. The topological polar surface area (TPSA) is 153 Å². The second-order valence-electron chi connectivity index (χ2n) is 1.89. The molecule has 0 spiro atoms. The second kappa shape index (κ2) is 12.3. The van der Waals surface area contributed by atoms with Crippen LogP contribution in [0.5, 0.6) is 0 Å². The molecule has 0 aliphatic heterocycles. The van der Waals surface area contributed by atoms with Gasteiger partial charge in [-0.15, -0.1) is 0 Å². The first-order valence-corrected chi connectivity index (χ1v) is 6.29. The first kappa shape index (κ1) is 17.6. The molecule has 0 atom stereocenters. The molecule has 0 amide bonds. The molecule has 94 valence electrons. The summed E-state index contributed by atoms with van der Waals surface area (Å²) in [6, 6.07) is 1.78. The summed E-state index contributed by atoms with van der Waals surface area (Å²) in [4.78, 5) is 36.4. The van der Waals surface area contributed by atoms with Crippen molar-refractivity contribution in [3.05, 3.63) is 18.5 Å². The van der Waals surface area contributed by atoms with Crippen molar-refractivity contribution in [2.24, 2.45) is 0 Å². The third kappa shape index (κ3) is 23.2. The summed E-state index contributed by atoms with van der Waals surface area (Å²) in [6.45, 7) is 0. The number of nitrogens with zero attached hydrogens (tertiary/aromatic N) is 2. The van der Waals surface area contributed by atoms with Gasteiger partial charge in [0.15, 0.2) is 0 Å². The van der Waals surface area contributed by atoms with Crippen molar-refractivity contribution in [2.45, 2.75) is 0 Å². The Morgan fingerprint density at radius 3 is 1.56 bits per heavy atom. The highest BCUT2D eigenvalue weighted by molar-refractivity contribution is 7.31. The van der Waals surface area contributed by atoms with Gasteiger partial charge in [-0.05, 0) is 6.07 Å². The Balaban J connectivity index is 0. The Labute approximate surface area is 92.7 Å². The fraction of sp³-hybridized carbons (Fsp3) is 0.200. The van der Waals surface area contributed by atoms with E-state index in [1.54, 1.807) is 25.5 Å². The maximum atomic E-state index is 8.74. The molecule has 0 radical (unpaired) electrons. The maximum Gasteiger partial charge on any atom is 0.314 e. The van der Waals surface area contributed by atoms with Crippen LogP contribution >= 0.6 is 16.5 Å². The minimum absolute atomic E-state index is 0.660. The quantitative estimate of drug-likeness (QED) is 0.415. The predicted molar refractivity (Wildman–Crippen MR) is 58.5 cm³/mol. The molecular formula is C5H13N3O6P2. The largest absolute Gasteiger partial charge is 0.357 e. The van der Waals surface area contributed by atoms with Crippen molar-refractivity contribution < 1.29 is 28.7 Å². The lowest BCUT2D eigenvalue weighted by atomic mass is 10.7. The molecule has 11 heteroatoms. The van der Waals surface area contributed by atoms with Gasteiger partial charge >= 0.3 is 16.5 Å². The number of hydrogen-bond acceptors (Lipinski definition) is 5. The van der Waals surface area contributed by atoms with Crippen molar-refractivity contribution in [1.29, 1.82) is 0 Å². The van der Waals surface area contributed by atoms with Gasteiger partial charge in [0.1, 0.15) is 0 Å². The molecule has 0 saturated heterocycles. The van der Waals surface area contributed by atoms with Gasteiger partial charge in [-0.1, -0.05) is 0 Å². The summed E-state index contributed by atoms with van der Waals surface area (Å²) in [5, 5.41) is 2.80. The number of hydrogen-bond donors (Lipinski definition) is 5. The first-order chi connectivity index (χ1) is 7.40. The van der Waals surface area contributed by atoms with E-state index in [1.807, 2.05) is 0 Å². The molecule has 0 fully saturated rings. The first-order valence-electron chi connectivity index (χ1n) is 3.68. The number of rotatable bonds is 1. The molecule has 1 rings (SSSR count). The highest BCUT2D eigenvalue weighted by Gasteiger charge is 1.81. The number of aromatic nitrogens is 2. The molecule has 1 heterocycles. The molecule has 5 N–H and O–H groups in total. The van der Waals surface area contributed by atoms with Crippen LogP contribution in [0.3, 0.4) is 0 Å². The van der Waals surface area contributed by atoms with Gasteiger partial charge in [0, 0.05) is 19.4 Å². The van der Waals surface area contributed by atoms with Crippen LogP contribution in [0.15, 0.2) is 18.5 Å². The van der Waals surface area contributed by atoms with E-state index in [9.17, 15) is 0 Å². The highest BCUT2D eigenvalue weighted by atomic mass is 31.1. The van der Waals surface area contributed by atoms with E-state index in [1.165, 1.54) is 0 Å². The molecule has 0 unspecified atom stereocenters. The van der Waals surface area contributed by atoms with Gasteiger partial charge < -0.3 is 24.9 Å². The lowest BCUT2D eigenvalue weighted by Gasteiger charge is -1.91. The molecule has 16 heavy (non-hydrogen) atoms. The maximum absolute atomic E-state index is 8.74. The number of anilines is 1. The fourth-order valence-corrected chi connectivity index (χ4v) is 0.428. The lowest BCUT2D eigenvalue weighted by molar-refractivity contribution is 0.403. The molecule has 0 bridgehead atoms. The van der Waals surface area contributed by atoms with Crippen molar-refractivity contribution >= 4 is 22.5 Å². The minimum atomic E-state index is -3.13. The van der Waals surface area contributed by atoms with Gasteiger partial charge in [-0.2, -0.15) is 0 Å². The number of nitrogens with one attached hydrogen (secondary N) is 1. The average molecular weight is 273 g/mol. The van der Waals surface area contributed by atoms with Crippen molar-refractivity contribution in [1.82, 2.24) is 9.97 Å². The van der Waals surface area contributed by atoms with Gasteiger partial charge in [0.05, 0.1) is 0 Å². The Morgan fingerprint density at radius 2 is 1.38 bits per heavy atom. The van der Waals surface area contributed by atoms with Crippen molar-refractivity contribution in [3.8, 4) is 0 Å². The second-order valence-corrected chi connectivity index (χ2v) is 3.02. The highest BCUT2D eigenvalue weighted by Crippen LogP contribution is 1.98. The third-order valence-corrected chi connectivity index (χ3v) is 0.789. The molecule has 1 aromatic heterocycles. The van der Waals surface area contributed by atoms with Gasteiger partial charge in [0.2, 0.25) is 5.95 Å². The third-order valence-electron chi connectivity index (χ3n) is 0.789. The van der Waals surface area contributed by atoms with Gasteiger partial charge in [-0.25, -0.2) is 9.97 Å². The van der Waals surface area contributed by atoms with E-state index in [2.05, 4.69) is 15.3 Å². The van der Waals surface area contributed by atoms with E-state index < -0.39 is 16.5 Å². The summed E-state index contributed by atoms with van der Waals surface area (Å²) in [6.07, 6.45) is 3.39. The van der Waals surface area contributed by atoms with E-state index in [0.29, 0.717) is 5.95 Å². The Bertz CT molecular complexity index is 290. The molecule has 1 aromatic rings. The van der Waals surface area contributed by atoms with Crippen LogP contribution in [0.2, 0.25) is 0 Å². The standard InChI is InChI=1S/C5H7N3.2H3O3P/c1-6-5-7-3-2-4-8-5;2*1-4(2)3/h2-4H,1H3,(H,6,7,8);2*4H,(H2,1,2,3). The van der Waals surface area contributed by atoms with E-state index in [-0.39, 0.29) is 0 Å². The molecule has 0 aliphatic rings. The zero-order valence-electron chi connectivity index (χ0n) is 8.23. The summed E-state index contributed by atoms with van der Waals surface area (Å²) in [5.74, 6) is 0.660. The normalized spacial score (nSPS) is 8.69. The Hall–Kier alpha value is -0.820. The Morgan fingerprint density at radius 1 is 1.06 bits per heavy atom. The van der Waals surface area contributed by atoms with Crippen LogP contribution in [0.4, 0.5) is 5.95 Å². The van der Waals surface area contributed by atoms with Gasteiger partial charge in [-0.3, -0.25) is 9.13 Å². The van der Waals surface area contributed by atoms with E-state index >= 15 is 0 Å². The molecule has 0 aliphatic carbocycles. The van der Waals surface area contributed by atoms with E-state index in [0.717, 1.165) is 0 Å². The van der Waals surface area contributed by atoms with Gasteiger partial charge in [0.25, 0.3) is 0 Å².